The molecular formula is C17H17Cl2NO4. The Bertz CT molecular complexity index is 783. The number of nitrogens with one attached hydrogen (secondary N) is 1. The standard InChI is InChI=1S/C17H17Cl2NO4/c1-4-23-17(22)16-10(3)20-9(2)15(16)13(21)8-24-14-7-11(18)5-6-12(14)19/h5-7,20H,4,8H2,1-3H3. The fourth-order valence-electron chi connectivity index (χ4n) is 2.39. The Morgan fingerprint density at radius 1 is 1.12 bits per heavy atom. The first-order valence-electron chi connectivity index (χ1n) is 7.32. The maximum atomic E-state index is 12.5. The summed E-state index contributed by atoms with van der Waals surface area (Å²) in [7, 11) is 0. The van der Waals surface area contributed by atoms with Gasteiger partial charge in [-0.2, -0.15) is 0 Å². The van der Waals surface area contributed by atoms with E-state index >= 15 is 0 Å². The van der Waals surface area contributed by atoms with E-state index in [4.69, 9.17) is 32.7 Å². The number of ether oxygens (including phenoxy) is 2. The average molecular weight is 370 g/mol. The maximum absolute atomic E-state index is 12.5. The first kappa shape index (κ1) is 18.4. The summed E-state index contributed by atoms with van der Waals surface area (Å²) in [6, 6.07) is 4.73. The summed E-state index contributed by atoms with van der Waals surface area (Å²) >= 11 is 11.9. The lowest BCUT2D eigenvalue weighted by molar-refractivity contribution is 0.0522. The van der Waals surface area contributed by atoms with Gasteiger partial charge in [-0.15, -0.1) is 0 Å². The third kappa shape index (κ3) is 3.91. The topological polar surface area (TPSA) is 68.4 Å². The average Bonchev–Trinajstić information content (AvgIpc) is 2.82. The molecule has 0 unspecified atom stereocenters. The number of aromatic nitrogens is 1. The van der Waals surface area contributed by atoms with Gasteiger partial charge in [0.05, 0.1) is 22.8 Å². The van der Waals surface area contributed by atoms with Crippen LogP contribution in [0.2, 0.25) is 10.0 Å². The zero-order valence-electron chi connectivity index (χ0n) is 13.5. The van der Waals surface area contributed by atoms with E-state index in [2.05, 4.69) is 4.98 Å². The Morgan fingerprint density at radius 2 is 1.79 bits per heavy atom. The number of esters is 1. The maximum Gasteiger partial charge on any atom is 0.340 e. The third-order valence-electron chi connectivity index (χ3n) is 3.39. The number of hydrogen-bond donors (Lipinski definition) is 1. The number of aryl methyl sites for hydroxylation is 2. The van der Waals surface area contributed by atoms with E-state index in [0.717, 1.165) is 0 Å². The molecule has 0 amide bonds. The Labute approximate surface area is 149 Å². The summed E-state index contributed by atoms with van der Waals surface area (Å²) in [5.74, 6) is -0.584. The molecule has 0 saturated carbocycles. The van der Waals surface area contributed by atoms with Crippen LogP contribution in [0, 0.1) is 13.8 Å². The van der Waals surface area contributed by atoms with E-state index in [9.17, 15) is 9.59 Å². The van der Waals surface area contributed by atoms with E-state index in [1.54, 1.807) is 32.9 Å². The number of benzene rings is 1. The molecule has 0 aliphatic heterocycles. The molecule has 0 radical (unpaired) electrons. The van der Waals surface area contributed by atoms with Crippen LogP contribution in [-0.2, 0) is 4.74 Å². The summed E-state index contributed by atoms with van der Waals surface area (Å²) in [5.41, 5.74) is 1.67. The zero-order chi connectivity index (χ0) is 17.9. The molecule has 1 N–H and O–H groups in total. The molecule has 128 valence electrons. The predicted octanol–water partition coefficient (Wildman–Crippen LogP) is 4.38. The van der Waals surface area contributed by atoms with Crippen molar-refractivity contribution in [2.24, 2.45) is 0 Å². The SMILES string of the molecule is CCOC(=O)c1c(C)[nH]c(C)c1C(=O)COc1cc(Cl)ccc1Cl. The quantitative estimate of drug-likeness (QED) is 0.605. The fraction of sp³-hybridized carbons (Fsp3) is 0.294. The van der Waals surface area contributed by atoms with Crippen molar-refractivity contribution in [2.75, 3.05) is 13.2 Å². The van der Waals surface area contributed by atoms with Crippen molar-refractivity contribution in [2.45, 2.75) is 20.8 Å². The highest BCUT2D eigenvalue weighted by molar-refractivity contribution is 6.34. The highest BCUT2D eigenvalue weighted by atomic mass is 35.5. The van der Waals surface area contributed by atoms with E-state index in [1.807, 2.05) is 0 Å². The molecule has 0 spiro atoms. The van der Waals surface area contributed by atoms with Crippen molar-refractivity contribution >= 4 is 35.0 Å². The Balaban J connectivity index is 2.24. The van der Waals surface area contributed by atoms with E-state index < -0.39 is 5.97 Å². The van der Waals surface area contributed by atoms with E-state index in [1.165, 1.54) is 6.07 Å². The minimum absolute atomic E-state index is 0.227. The van der Waals surface area contributed by atoms with Crippen LogP contribution >= 0.6 is 23.2 Å². The summed E-state index contributed by atoms with van der Waals surface area (Å²) in [4.78, 5) is 27.6. The number of aromatic amines is 1. The number of H-pyrrole nitrogens is 1. The molecule has 1 heterocycles. The molecule has 0 saturated heterocycles. The molecule has 0 fully saturated rings. The number of ketones is 1. The Morgan fingerprint density at radius 3 is 2.46 bits per heavy atom. The number of hydrogen-bond acceptors (Lipinski definition) is 4. The molecule has 24 heavy (non-hydrogen) atoms. The highest BCUT2D eigenvalue weighted by Gasteiger charge is 2.25. The van der Waals surface area contributed by atoms with Crippen molar-refractivity contribution in [3.63, 3.8) is 0 Å². The van der Waals surface area contributed by atoms with Crippen molar-refractivity contribution in [1.29, 1.82) is 0 Å². The number of carbonyl (C=O) groups is 2. The second kappa shape index (κ2) is 7.73. The molecule has 2 aromatic rings. The molecule has 0 aliphatic carbocycles. The molecule has 2 rings (SSSR count). The molecule has 1 aromatic heterocycles. The first-order valence-corrected chi connectivity index (χ1v) is 8.08. The number of halogens is 2. The van der Waals surface area contributed by atoms with Crippen LogP contribution in [0.15, 0.2) is 18.2 Å². The zero-order valence-corrected chi connectivity index (χ0v) is 15.0. The van der Waals surface area contributed by atoms with E-state index in [0.29, 0.717) is 27.2 Å². The molecule has 7 heteroatoms. The second-order valence-corrected chi connectivity index (χ2v) is 5.98. The van der Waals surface area contributed by atoms with Gasteiger partial charge in [0, 0.05) is 22.5 Å². The largest absolute Gasteiger partial charge is 0.484 e. The molecule has 5 nitrogen and oxygen atoms in total. The molecule has 0 atom stereocenters. The van der Waals surface area contributed by atoms with Crippen molar-refractivity contribution in [1.82, 2.24) is 4.98 Å². The van der Waals surface area contributed by atoms with Gasteiger partial charge in [0.1, 0.15) is 5.75 Å². The van der Waals surface area contributed by atoms with Crippen LogP contribution in [0.1, 0.15) is 39.0 Å². The first-order chi connectivity index (χ1) is 11.3. The summed E-state index contributed by atoms with van der Waals surface area (Å²) in [6.45, 7) is 5.09. The van der Waals surface area contributed by atoms with Crippen LogP contribution in [-0.4, -0.2) is 30.0 Å². The minimum atomic E-state index is -0.538. The van der Waals surface area contributed by atoms with Gasteiger partial charge < -0.3 is 14.5 Å². The van der Waals surface area contributed by atoms with Crippen LogP contribution in [0.3, 0.4) is 0 Å². The lowest BCUT2D eigenvalue weighted by Crippen LogP contribution is -2.17. The molecule has 1 aromatic carbocycles. The minimum Gasteiger partial charge on any atom is -0.484 e. The second-order valence-electron chi connectivity index (χ2n) is 5.13. The summed E-state index contributed by atoms with van der Waals surface area (Å²) in [6.07, 6.45) is 0. The van der Waals surface area contributed by atoms with Crippen molar-refractivity contribution < 1.29 is 19.1 Å². The fourth-order valence-corrected chi connectivity index (χ4v) is 2.73. The van der Waals surface area contributed by atoms with Crippen LogP contribution < -0.4 is 4.74 Å². The van der Waals surface area contributed by atoms with Gasteiger partial charge in [-0.05, 0) is 32.9 Å². The number of carbonyl (C=O) groups excluding carboxylic acids is 2. The Hall–Kier alpha value is -1.98. The van der Waals surface area contributed by atoms with Crippen LogP contribution in [0.25, 0.3) is 0 Å². The van der Waals surface area contributed by atoms with Crippen LogP contribution in [0.5, 0.6) is 5.75 Å². The van der Waals surface area contributed by atoms with Crippen molar-refractivity contribution in [3.05, 3.63) is 50.8 Å². The van der Waals surface area contributed by atoms with Gasteiger partial charge in [-0.3, -0.25) is 4.79 Å². The van der Waals surface area contributed by atoms with Gasteiger partial charge in [0.15, 0.2) is 6.61 Å². The summed E-state index contributed by atoms with van der Waals surface area (Å²) < 4.78 is 10.5. The van der Waals surface area contributed by atoms with Crippen molar-refractivity contribution in [3.8, 4) is 5.75 Å². The molecule has 0 bridgehead atoms. The van der Waals surface area contributed by atoms with Gasteiger partial charge in [0.25, 0.3) is 0 Å². The predicted molar refractivity (Wildman–Crippen MR) is 92.5 cm³/mol. The monoisotopic (exact) mass is 369 g/mol. The van der Waals surface area contributed by atoms with Gasteiger partial charge in [0.2, 0.25) is 5.78 Å². The third-order valence-corrected chi connectivity index (χ3v) is 3.93. The Kier molecular flexibility index (Phi) is 5.91. The normalized spacial score (nSPS) is 10.5. The summed E-state index contributed by atoms with van der Waals surface area (Å²) in [5, 5.41) is 0.794. The molecular weight excluding hydrogens is 353 g/mol. The van der Waals surface area contributed by atoms with Gasteiger partial charge in [-0.25, -0.2) is 4.79 Å². The molecule has 0 aliphatic rings. The lowest BCUT2D eigenvalue weighted by Gasteiger charge is -2.09. The van der Waals surface area contributed by atoms with Gasteiger partial charge in [-0.1, -0.05) is 23.2 Å². The van der Waals surface area contributed by atoms with Gasteiger partial charge >= 0.3 is 5.97 Å². The highest BCUT2D eigenvalue weighted by Crippen LogP contribution is 2.28. The van der Waals surface area contributed by atoms with Crippen LogP contribution in [0.4, 0.5) is 0 Å². The smallest absolute Gasteiger partial charge is 0.340 e. The number of Topliss-reactive ketones (excluding diaryl/α,β-unsaturated/α-hetero) is 1. The van der Waals surface area contributed by atoms with E-state index in [-0.39, 0.29) is 30.1 Å². The number of rotatable bonds is 6. The lowest BCUT2D eigenvalue weighted by atomic mass is 10.1.